The molecule has 0 heterocycles. The molecule has 0 aliphatic carbocycles. The number of rotatable bonds is 5. The molecule has 0 radical (unpaired) electrons. The maximum atomic E-state index is 13.0. The number of hydrogen-bond donors (Lipinski definition) is 1. The number of anilines is 2. The molecule has 0 atom stereocenters. The molecule has 0 aliphatic heterocycles. The number of carbonyl (C=O) groups is 1. The molecular formula is C22H20FN3O. The van der Waals surface area contributed by atoms with Crippen molar-refractivity contribution >= 4 is 29.2 Å². The molecule has 0 saturated heterocycles. The fraction of sp³-hybridized carbons (Fsp3) is 0.0909. The van der Waals surface area contributed by atoms with E-state index >= 15 is 0 Å². The van der Waals surface area contributed by atoms with Crippen molar-refractivity contribution in [3.63, 3.8) is 0 Å². The molecule has 0 aliphatic rings. The zero-order valence-electron chi connectivity index (χ0n) is 15.2. The van der Waals surface area contributed by atoms with Crippen LogP contribution in [0.15, 0.2) is 77.8 Å². The molecule has 1 amide bonds. The molecule has 3 rings (SSSR count). The van der Waals surface area contributed by atoms with Crippen molar-refractivity contribution in [2.75, 3.05) is 24.3 Å². The Morgan fingerprint density at radius 3 is 2.37 bits per heavy atom. The second kappa shape index (κ2) is 8.27. The molecule has 0 bridgehead atoms. The van der Waals surface area contributed by atoms with E-state index in [9.17, 15) is 9.18 Å². The molecule has 3 aromatic rings. The van der Waals surface area contributed by atoms with Crippen molar-refractivity contribution in [2.45, 2.75) is 0 Å². The Labute approximate surface area is 158 Å². The smallest absolute Gasteiger partial charge is 0.255 e. The standard InChI is InChI=1S/C22H20FN3O/c1-26(2)21-12-6-16(7-13-21)15-24-19-4-3-5-20(14-19)25-22(27)17-8-10-18(23)11-9-17/h3-15H,1-2H3,(H,25,27). The molecule has 3 aromatic carbocycles. The summed E-state index contributed by atoms with van der Waals surface area (Å²) in [4.78, 5) is 18.7. The van der Waals surface area contributed by atoms with Gasteiger partial charge in [0.05, 0.1) is 5.69 Å². The SMILES string of the molecule is CN(C)c1ccc(C=Nc2cccc(NC(=O)c3ccc(F)cc3)c2)cc1. The molecule has 27 heavy (non-hydrogen) atoms. The van der Waals surface area contributed by atoms with E-state index in [-0.39, 0.29) is 11.7 Å². The maximum Gasteiger partial charge on any atom is 0.255 e. The Hall–Kier alpha value is -3.47. The van der Waals surface area contributed by atoms with Crippen molar-refractivity contribution in [3.8, 4) is 0 Å². The van der Waals surface area contributed by atoms with Crippen molar-refractivity contribution in [1.82, 2.24) is 0 Å². The third-order valence-electron chi connectivity index (χ3n) is 3.98. The van der Waals surface area contributed by atoms with Crippen molar-refractivity contribution in [1.29, 1.82) is 0 Å². The van der Waals surface area contributed by atoms with Gasteiger partial charge in [-0.25, -0.2) is 4.39 Å². The van der Waals surface area contributed by atoms with Gasteiger partial charge >= 0.3 is 0 Å². The predicted octanol–water partition coefficient (Wildman–Crippen LogP) is 4.89. The highest BCUT2D eigenvalue weighted by molar-refractivity contribution is 6.04. The molecule has 0 fully saturated rings. The van der Waals surface area contributed by atoms with Crippen LogP contribution >= 0.6 is 0 Å². The van der Waals surface area contributed by atoms with Gasteiger partial charge in [0.25, 0.3) is 5.91 Å². The summed E-state index contributed by atoms with van der Waals surface area (Å²) in [6.07, 6.45) is 1.78. The van der Waals surface area contributed by atoms with E-state index in [2.05, 4.69) is 10.3 Å². The average Bonchev–Trinajstić information content (AvgIpc) is 2.67. The summed E-state index contributed by atoms with van der Waals surface area (Å²) in [5.74, 6) is -0.670. The quantitative estimate of drug-likeness (QED) is 0.657. The Morgan fingerprint density at radius 1 is 1.00 bits per heavy atom. The summed E-state index contributed by atoms with van der Waals surface area (Å²) in [5, 5.41) is 2.80. The molecule has 4 nitrogen and oxygen atoms in total. The Morgan fingerprint density at radius 2 is 1.70 bits per heavy atom. The Kier molecular flexibility index (Phi) is 5.61. The third-order valence-corrected chi connectivity index (χ3v) is 3.98. The topological polar surface area (TPSA) is 44.7 Å². The van der Waals surface area contributed by atoms with Gasteiger partial charge in [-0.05, 0) is 60.2 Å². The van der Waals surface area contributed by atoms with Gasteiger partial charge in [0.1, 0.15) is 5.82 Å². The van der Waals surface area contributed by atoms with E-state index in [0.717, 1.165) is 16.9 Å². The lowest BCUT2D eigenvalue weighted by atomic mass is 10.2. The summed E-state index contributed by atoms with van der Waals surface area (Å²) in [5.41, 5.74) is 3.86. The zero-order chi connectivity index (χ0) is 19.2. The lowest BCUT2D eigenvalue weighted by Crippen LogP contribution is -2.11. The highest BCUT2D eigenvalue weighted by Gasteiger charge is 2.06. The van der Waals surface area contributed by atoms with E-state index in [1.165, 1.54) is 24.3 Å². The van der Waals surface area contributed by atoms with Crippen LogP contribution in [0.1, 0.15) is 15.9 Å². The van der Waals surface area contributed by atoms with Crippen LogP contribution in [0.5, 0.6) is 0 Å². The van der Waals surface area contributed by atoms with Gasteiger partial charge in [0.15, 0.2) is 0 Å². The number of hydrogen-bond acceptors (Lipinski definition) is 3. The minimum Gasteiger partial charge on any atom is -0.378 e. The van der Waals surface area contributed by atoms with E-state index in [0.29, 0.717) is 11.3 Å². The van der Waals surface area contributed by atoms with Crippen molar-refractivity contribution in [3.05, 3.63) is 89.7 Å². The van der Waals surface area contributed by atoms with Crippen LogP contribution < -0.4 is 10.2 Å². The second-order valence-electron chi connectivity index (χ2n) is 6.26. The monoisotopic (exact) mass is 361 g/mol. The number of carbonyl (C=O) groups excluding carboxylic acids is 1. The Bertz CT molecular complexity index is 948. The van der Waals surface area contributed by atoms with Gasteiger partial charge in [0.2, 0.25) is 0 Å². The Balaban J connectivity index is 1.69. The molecule has 5 heteroatoms. The maximum absolute atomic E-state index is 13.0. The first kappa shape index (κ1) is 18.3. The lowest BCUT2D eigenvalue weighted by Gasteiger charge is -2.11. The van der Waals surface area contributed by atoms with Crippen LogP contribution in [0.2, 0.25) is 0 Å². The summed E-state index contributed by atoms with van der Waals surface area (Å²) >= 11 is 0. The number of nitrogens with zero attached hydrogens (tertiary/aromatic N) is 2. The predicted molar refractivity (Wildman–Crippen MR) is 109 cm³/mol. The van der Waals surface area contributed by atoms with Crippen LogP contribution in [0.25, 0.3) is 0 Å². The number of nitrogens with one attached hydrogen (secondary N) is 1. The first-order valence-corrected chi connectivity index (χ1v) is 8.50. The third kappa shape index (κ3) is 5.01. The minimum atomic E-state index is -0.374. The summed E-state index contributed by atoms with van der Waals surface area (Å²) in [6, 6.07) is 20.7. The normalized spacial score (nSPS) is 10.8. The number of amides is 1. The van der Waals surface area contributed by atoms with E-state index in [4.69, 9.17) is 0 Å². The molecule has 0 aromatic heterocycles. The summed E-state index contributed by atoms with van der Waals surface area (Å²) < 4.78 is 13.0. The van der Waals surface area contributed by atoms with Crippen LogP contribution in [0.3, 0.4) is 0 Å². The van der Waals surface area contributed by atoms with E-state index in [1.54, 1.807) is 18.3 Å². The largest absolute Gasteiger partial charge is 0.378 e. The van der Waals surface area contributed by atoms with Gasteiger partial charge in [-0.3, -0.25) is 9.79 Å². The minimum absolute atomic E-state index is 0.296. The van der Waals surface area contributed by atoms with Crippen molar-refractivity contribution < 1.29 is 9.18 Å². The first-order valence-electron chi connectivity index (χ1n) is 8.50. The van der Waals surface area contributed by atoms with Gasteiger partial charge in [0, 0.05) is 37.2 Å². The van der Waals surface area contributed by atoms with Crippen LogP contribution in [0, 0.1) is 5.82 Å². The lowest BCUT2D eigenvalue weighted by molar-refractivity contribution is 0.102. The van der Waals surface area contributed by atoms with Crippen LogP contribution in [0.4, 0.5) is 21.5 Å². The van der Waals surface area contributed by atoms with E-state index in [1.807, 2.05) is 55.4 Å². The second-order valence-corrected chi connectivity index (χ2v) is 6.26. The van der Waals surface area contributed by atoms with Crippen LogP contribution in [-0.4, -0.2) is 26.2 Å². The molecule has 1 N–H and O–H groups in total. The molecule has 0 spiro atoms. The summed E-state index contributed by atoms with van der Waals surface area (Å²) in [6.45, 7) is 0. The van der Waals surface area contributed by atoms with Crippen LogP contribution in [-0.2, 0) is 0 Å². The molecule has 136 valence electrons. The zero-order valence-corrected chi connectivity index (χ0v) is 15.2. The highest BCUT2D eigenvalue weighted by atomic mass is 19.1. The van der Waals surface area contributed by atoms with Gasteiger partial charge in [-0.15, -0.1) is 0 Å². The fourth-order valence-electron chi connectivity index (χ4n) is 2.48. The highest BCUT2D eigenvalue weighted by Crippen LogP contribution is 2.19. The van der Waals surface area contributed by atoms with Gasteiger partial charge < -0.3 is 10.2 Å². The molecular weight excluding hydrogens is 341 g/mol. The van der Waals surface area contributed by atoms with Crippen molar-refractivity contribution in [2.24, 2.45) is 4.99 Å². The van der Waals surface area contributed by atoms with E-state index < -0.39 is 0 Å². The van der Waals surface area contributed by atoms with Gasteiger partial charge in [-0.1, -0.05) is 18.2 Å². The molecule has 0 saturated carbocycles. The molecule has 0 unspecified atom stereocenters. The fourth-order valence-corrected chi connectivity index (χ4v) is 2.48. The number of benzene rings is 3. The number of aliphatic imine (C=N–C) groups is 1. The van der Waals surface area contributed by atoms with Gasteiger partial charge in [-0.2, -0.15) is 0 Å². The first-order chi connectivity index (χ1) is 13.0. The average molecular weight is 361 g/mol. The summed E-state index contributed by atoms with van der Waals surface area (Å²) in [7, 11) is 3.99. The number of halogens is 1.